The highest BCUT2D eigenvalue weighted by Gasteiger charge is 2.15. The maximum absolute atomic E-state index is 12.1. The number of carbonyl (C=O) groups is 1. The largest absolute Gasteiger partial charge is 0.283 e. The summed E-state index contributed by atoms with van der Waals surface area (Å²) in [5.74, 6) is 0.289. The van der Waals surface area contributed by atoms with E-state index in [1.165, 1.54) is 5.01 Å². The van der Waals surface area contributed by atoms with E-state index in [9.17, 15) is 4.79 Å². The molecule has 1 N–H and O–H groups in total. The summed E-state index contributed by atoms with van der Waals surface area (Å²) in [5, 5.41) is 5.35. The maximum Gasteiger partial charge on any atom is 0.283 e. The second-order valence-electron chi connectivity index (χ2n) is 4.40. The van der Waals surface area contributed by atoms with Crippen LogP contribution >= 0.6 is 11.5 Å². The third-order valence-electron chi connectivity index (χ3n) is 2.91. The van der Waals surface area contributed by atoms with Crippen LogP contribution in [-0.4, -0.2) is 32.5 Å². The van der Waals surface area contributed by atoms with Crippen molar-refractivity contribution in [1.29, 1.82) is 0 Å². The second kappa shape index (κ2) is 5.41. The van der Waals surface area contributed by atoms with Crippen LogP contribution in [0.1, 0.15) is 15.4 Å². The van der Waals surface area contributed by atoms with Crippen molar-refractivity contribution >= 4 is 34.3 Å². The van der Waals surface area contributed by atoms with Crippen LogP contribution < -0.4 is 10.4 Å². The fourth-order valence-electron chi connectivity index (χ4n) is 1.81. The quantitative estimate of drug-likeness (QED) is 0.739. The topological polar surface area (TPSA) is 83.9 Å². The van der Waals surface area contributed by atoms with E-state index < -0.39 is 0 Å². The fourth-order valence-corrected chi connectivity index (χ4v) is 2.36. The van der Waals surface area contributed by atoms with Crippen LogP contribution in [0.4, 0.5) is 5.82 Å². The summed E-state index contributed by atoms with van der Waals surface area (Å²) in [6, 6.07) is 7.56. The summed E-state index contributed by atoms with van der Waals surface area (Å²) in [6.45, 7) is 1.74. The Balaban J connectivity index is 1.82. The molecule has 0 aliphatic carbocycles. The van der Waals surface area contributed by atoms with Crippen molar-refractivity contribution in [2.45, 2.75) is 6.92 Å². The molecule has 0 aliphatic heterocycles. The number of rotatable bonds is 3. The molecule has 1 amide bonds. The zero-order valence-corrected chi connectivity index (χ0v) is 12.3. The van der Waals surface area contributed by atoms with Gasteiger partial charge in [-0.2, -0.15) is 0 Å². The summed E-state index contributed by atoms with van der Waals surface area (Å²) in [6.07, 6.45) is 1.61. The molecule has 0 atom stereocenters. The molecule has 3 rings (SSSR count). The highest BCUT2D eigenvalue weighted by Crippen LogP contribution is 2.14. The predicted molar refractivity (Wildman–Crippen MR) is 80.1 cm³/mol. The number of fused-ring (bicyclic) bond motifs is 1. The number of aryl methyl sites for hydroxylation is 1. The first kappa shape index (κ1) is 13.4. The van der Waals surface area contributed by atoms with Gasteiger partial charge in [-0.25, -0.2) is 4.98 Å². The third-order valence-corrected chi connectivity index (χ3v) is 3.73. The molecule has 8 heteroatoms. The molecule has 21 heavy (non-hydrogen) atoms. The van der Waals surface area contributed by atoms with Crippen LogP contribution in [0.15, 0.2) is 30.5 Å². The molecular weight excluding hydrogens is 288 g/mol. The van der Waals surface area contributed by atoms with Crippen molar-refractivity contribution in [3.63, 3.8) is 0 Å². The summed E-state index contributed by atoms with van der Waals surface area (Å²) < 4.78 is 3.75. The number of anilines is 1. The Morgan fingerprint density at radius 1 is 1.29 bits per heavy atom. The Labute approximate surface area is 124 Å². The first-order valence-corrected chi connectivity index (χ1v) is 6.98. The monoisotopic (exact) mass is 300 g/mol. The zero-order valence-electron chi connectivity index (χ0n) is 11.4. The lowest BCUT2D eigenvalue weighted by atomic mass is 10.3. The first-order chi connectivity index (χ1) is 10.1. The number of aromatic nitrogens is 4. The van der Waals surface area contributed by atoms with Gasteiger partial charge in [-0.3, -0.25) is 20.2 Å². The Hall–Kier alpha value is -2.61. The van der Waals surface area contributed by atoms with Crippen LogP contribution in [0.3, 0.4) is 0 Å². The Morgan fingerprint density at radius 2 is 2.05 bits per heavy atom. The molecule has 2 aromatic heterocycles. The highest BCUT2D eigenvalue weighted by atomic mass is 32.1. The minimum Gasteiger partial charge on any atom is -0.270 e. The Bertz CT molecular complexity index is 802. The average molecular weight is 300 g/mol. The van der Waals surface area contributed by atoms with Gasteiger partial charge in [0.25, 0.3) is 5.91 Å². The minimum atomic E-state index is -0.264. The summed E-state index contributed by atoms with van der Waals surface area (Å²) in [4.78, 5) is 21.4. The summed E-state index contributed by atoms with van der Waals surface area (Å²) in [7, 11) is 1.71. The number of para-hydroxylation sites is 2. The van der Waals surface area contributed by atoms with E-state index in [0.29, 0.717) is 16.4 Å². The Kier molecular flexibility index (Phi) is 3.44. The Morgan fingerprint density at radius 3 is 2.76 bits per heavy atom. The lowest BCUT2D eigenvalue weighted by Gasteiger charge is -2.18. The number of nitrogens with one attached hydrogen (secondary N) is 1. The van der Waals surface area contributed by atoms with E-state index in [4.69, 9.17) is 0 Å². The highest BCUT2D eigenvalue weighted by molar-refractivity contribution is 7.08. The number of carbonyl (C=O) groups excluding carboxylic acids is 1. The third kappa shape index (κ3) is 2.65. The molecule has 0 radical (unpaired) electrons. The van der Waals surface area contributed by atoms with Gasteiger partial charge in [0.2, 0.25) is 0 Å². The number of hydrogen-bond donors (Lipinski definition) is 1. The number of hydrogen-bond acceptors (Lipinski definition) is 7. The number of benzene rings is 1. The van der Waals surface area contributed by atoms with Crippen LogP contribution in [0, 0.1) is 6.92 Å². The van der Waals surface area contributed by atoms with Crippen molar-refractivity contribution in [2.75, 3.05) is 12.1 Å². The zero-order chi connectivity index (χ0) is 14.8. The molecule has 0 saturated heterocycles. The van der Waals surface area contributed by atoms with Gasteiger partial charge >= 0.3 is 0 Å². The number of hydrazine groups is 1. The molecule has 0 aliphatic rings. The minimum absolute atomic E-state index is 0.264. The summed E-state index contributed by atoms with van der Waals surface area (Å²) >= 11 is 1.06. The van der Waals surface area contributed by atoms with Crippen LogP contribution in [0.2, 0.25) is 0 Å². The van der Waals surface area contributed by atoms with E-state index >= 15 is 0 Å². The van der Waals surface area contributed by atoms with E-state index in [2.05, 4.69) is 25.0 Å². The molecule has 1 aromatic carbocycles. The van der Waals surface area contributed by atoms with Gasteiger partial charge in [0.1, 0.15) is 4.88 Å². The van der Waals surface area contributed by atoms with Crippen LogP contribution in [-0.2, 0) is 0 Å². The van der Waals surface area contributed by atoms with Crippen molar-refractivity contribution < 1.29 is 4.79 Å². The van der Waals surface area contributed by atoms with Gasteiger partial charge in [0, 0.05) is 7.05 Å². The van der Waals surface area contributed by atoms with E-state index in [1.54, 1.807) is 20.2 Å². The second-order valence-corrected chi connectivity index (χ2v) is 5.16. The predicted octanol–water partition coefficient (Wildman–Crippen LogP) is 1.57. The van der Waals surface area contributed by atoms with Crippen molar-refractivity contribution in [1.82, 2.24) is 25.0 Å². The molecule has 0 saturated carbocycles. The molecule has 7 nitrogen and oxygen atoms in total. The SMILES string of the molecule is Cc1nnsc1C(=O)NN(C)c1cnc2ccccc2n1. The standard InChI is InChI=1S/C13H12N6OS/c1-8-12(21-18-16-8)13(20)17-19(2)11-7-14-9-5-3-4-6-10(9)15-11/h3-7H,1-2H3,(H,17,20). The van der Waals surface area contributed by atoms with E-state index in [0.717, 1.165) is 22.6 Å². The van der Waals surface area contributed by atoms with E-state index in [-0.39, 0.29) is 5.91 Å². The van der Waals surface area contributed by atoms with Crippen molar-refractivity contribution in [2.24, 2.45) is 0 Å². The van der Waals surface area contributed by atoms with E-state index in [1.807, 2.05) is 24.3 Å². The van der Waals surface area contributed by atoms with Crippen molar-refractivity contribution in [3.8, 4) is 0 Å². The molecule has 0 unspecified atom stereocenters. The van der Waals surface area contributed by atoms with Gasteiger partial charge in [0.05, 0.1) is 22.9 Å². The van der Waals surface area contributed by atoms with Crippen LogP contribution in [0.5, 0.6) is 0 Å². The first-order valence-electron chi connectivity index (χ1n) is 6.20. The van der Waals surface area contributed by atoms with Crippen molar-refractivity contribution in [3.05, 3.63) is 41.0 Å². The maximum atomic E-state index is 12.1. The summed E-state index contributed by atoms with van der Waals surface area (Å²) in [5.41, 5.74) is 4.91. The molecule has 0 spiro atoms. The molecular formula is C13H12N6OS. The normalized spacial score (nSPS) is 10.6. The van der Waals surface area contributed by atoms with Crippen LogP contribution in [0.25, 0.3) is 11.0 Å². The molecule has 0 fully saturated rings. The molecule has 106 valence electrons. The van der Waals surface area contributed by atoms with Gasteiger partial charge in [0.15, 0.2) is 5.82 Å². The van der Waals surface area contributed by atoms with Gasteiger partial charge in [-0.05, 0) is 30.6 Å². The van der Waals surface area contributed by atoms with Gasteiger partial charge in [-0.1, -0.05) is 16.6 Å². The average Bonchev–Trinajstić information content (AvgIpc) is 2.93. The smallest absolute Gasteiger partial charge is 0.270 e. The molecule has 3 aromatic rings. The number of nitrogens with zero attached hydrogens (tertiary/aromatic N) is 5. The number of amides is 1. The lowest BCUT2D eigenvalue weighted by molar-refractivity contribution is 0.0954. The van der Waals surface area contributed by atoms with Gasteiger partial charge < -0.3 is 0 Å². The lowest BCUT2D eigenvalue weighted by Crippen LogP contribution is -2.39. The molecule has 0 bridgehead atoms. The fraction of sp³-hybridized carbons (Fsp3) is 0.154. The van der Waals surface area contributed by atoms with Gasteiger partial charge in [-0.15, -0.1) is 5.10 Å². The molecule has 2 heterocycles.